The average Bonchev–Trinajstić information content (AvgIpc) is 3.00. The van der Waals surface area contributed by atoms with Crippen molar-refractivity contribution in [3.8, 4) is 5.75 Å². The number of ether oxygens (including phenoxy) is 1. The standard InChI is InChI=1S/C13H16N2O4S2/c1-9(13-14-5-6-20-13)15-21(17,18)12-4-3-10(8-16)7-11(12)19-2/h3-7,9,15-16H,8H2,1-2H3. The predicted molar refractivity (Wildman–Crippen MR) is 79.8 cm³/mol. The van der Waals surface area contributed by atoms with Crippen molar-refractivity contribution in [1.29, 1.82) is 0 Å². The van der Waals surface area contributed by atoms with Crippen LogP contribution in [0.15, 0.2) is 34.7 Å². The topological polar surface area (TPSA) is 88.5 Å². The second-order valence-corrected chi connectivity index (χ2v) is 6.97. The van der Waals surface area contributed by atoms with Crippen LogP contribution in [-0.4, -0.2) is 25.6 Å². The van der Waals surface area contributed by atoms with E-state index in [-0.39, 0.29) is 17.3 Å². The van der Waals surface area contributed by atoms with Crippen LogP contribution in [-0.2, 0) is 16.6 Å². The summed E-state index contributed by atoms with van der Waals surface area (Å²) in [7, 11) is -2.35. The molecule has 2 rings (SSSR count). The maximum Gasteiger partial charge on any atom is 0.244 e. The largest absolute Gasteiger partial charge is 0.495 e. The van der Waals surface area contributed by atoms with Crippen molar-refractivity contribution in [2.75, 3.05) is 7.11 Å². The Morgan fingerprint density at radius 2 is 2.24 bits per heavy atom. The number of benzene rings is 1. The molecule has 0 radical (unpaired) electrons. The van der Waals surface area contributed by atoms with Crippen LogP contribution >= 0.6 is 11.3 Å². The number of sulfonamides is 1. The molecule has 0 fully saturated rings. The van der Waals surface area contributed by atoms with Crippen molar-refractivity contribution in [3.63, 3.8) is 0 Å². The molecular weight excluding hydrogens is 312 g/mol. The van der Waals surface area contributed by atoms with Crippen molar-refractivity contribution in [2.45, 2.75) is 24.5 Å². The summed E-state index contributed by atoms with van der Waals surface area (Å²) in [5.41, 5.74) is 0.582. The molecule has 0 bridgehead atoms. The number of rotatable bonds is 6. The van der Waals surface area contributed by atoms with Crippen molar-refractivity contribution in [1.82, 2.24) is 9.71 Å². The van der Waals surface area contributed by atoms with Crippen LogP contribution in [0.4, 0.5) is 0 Å². The molecule has 114 valence electrons. The van der Waals surface area contributed by atoms with E-state index >= 15 is 0 Å². The lowest BCUT2D eigenvalue weighted by atomic mass is 10.2. The highest BCUT2D eigenvalue weighted by molar-refractivity contribution is 7.89. The van der Waals surface area contributed by atoms with Gasteiger partial charge in [0.1, 0.15) is 15.7 Å². The van der Waals surface area contributed by atoms with Gasteiger partial charge >= 0.3 is 0 Å². The fourth-order valence-corrected chi connectivity index (χ4v) is 3.91. The number of hydrogen-bond donors (Lipinski definition) is 2. The first kappa shape index (κ1) is 15.9. The summed E-state index contributed by atoms with van der Waals surface area (Å²) < 4.78 is 32.5. The highest BCUT2D eigenvalue weighted by Crippen LogP contribution is 2.27. The molecule has 0 saturated heterocycles. The summed E-state index contributed by atoms with van der Waals surface area (Å²) in [5, 5.41) is 11.6. The summed E-state index contributed by atoms with van der Waals surface area (Å²) in [6.45, 7) is 1.55. The molecule has 0 spiro atoms. The molecule has 1 atom stereocenters. The monoisotopic (exact) mass is 328 g/mol. The van der Waals surface area contributed by atoms with Crippen LogP contribution in [0.1, 0.15) is 23.5 Å². The van der Waals surface area contributed by atoms with E-state index in [1.165, 1.54) is 30.6 Å². The van der Waals surface area contributed by atoms with Gasteiger partial charge in [-0.25, -0.2) is 18.1 Å². The van der Waals surface area contributed by atoms with Gasteiger partial charge in [0.15, 0.2) is 0 Å². The van der Waals surface area contributed by atoms with Gasteiger partial charge in [-0.05, 0) is 24.6 Å². The summed E-state index contributed by atoms with van der Waals surface area (Å²) in [4.78, 5) is 4.12. The molecule has 2 aromatic rings. The Hall–Kier alpha value is -1.48. The summed E-state index contributed by atoms with van der Waals surface area (Å²) in [5.74, 6) is 0.195. The molecule has 6 nitrogen and oxygen atoms in total. The number of methoxy groups -OCH3 is 1. The van der Waals surface area contributed by atoms with Gasteiger partial charge in [-0.1, -0.05) is 6.07 Å². The van der Waals surface area contributed by atoms with Crippen molar-refractivity contribution >= 4 is 21.4 Å². The number of hydrogen-bond acceptors (Lipinski definition) is 6. The molecule has 2 N–H and O–H groups in total. The Morgan fingerprint density at radius 3 is 2.81 bits per heavy atom. The van der Waals surface area contributed by atoms with Gasteiger partial charge < -0.3 is 9.84 Å². The highest BCUT2D eigenvalue weighted by atomic mass is 32.2. The molecule has 1 aromatic carbocycles. The molecule has 1 aromatic heterocycles. The van der Waals surface area contributed by atoms with Gasteiger partial charge in [-0.15, -0.1) is 11.3 Å². The minimum atomic E-state index is -3.74. The highest BCUT2D eigenvalue weighted by Gasteiger charge is 2.23. The van der Waals surface area contributed by atoms with Crippen LogP contribution in [0, 0.1) is 0 Å². The zero-order valence-electron chi connectivity index (χ0n) is 11.6. The zero-order valence-corrected chi connectivity index (χ0v) is 13.2. The molecule has 0 aliphatic heterocycles. The molecule has 0 aliphatic carbocycles. The van der Waals surface area contributed by atoms with Crippen molar-refractivity contribution < 1.29 is 18.3 Å². The van der Waals surface area contributed by atoms with E-state index in [0.29, 0.717) is 10.6 Å². The molecule has 8 heteroatoms. The fraction of sp³-hybridized carbons (Fsp3) is 0.308. The Labute approximate surface area is 127 Å². The Kier molecular flexibility index (Phi) is 4.94. The summed E-state index contributed by atoms with van der Waals surface area (Å²) >= 11 is 1.38. The molecular formula is C13H16N2O4S2. The van der Waals surface area contributed by atoms with E-state index in [0.717, 1.165) is 0 Å². The van der Waals surface area contributed by atoms with E-state index in [4.69, 9.17) is 9.84 Å². The lowest BCUT2D eigenvalue weighted by Crippen LogP contribution is -2.27. The number of nitrogens with one attached hydrogen (secondary N) is 1. The van der Waals surface area contributed by atoms with Gasteiger partial charge in [0.25, 0.3) is 0 Å². The minimum absolute atomic E-state index is 0.0330. The number of aliphatic hydroxyl groups excluding tert-OH is 1. The quantitative estimate of drug-likeness (QED) is 0.842. The number of aliphatic hydroxyl groups is 1. The van der Waals surface area contributed by atoms with E-state index in [1.807, 2.05) is 0 Å². The van der Waals surface area contributed by atoms with E-state index in [2.05, 4.69) is 9.71 Å². The molecule has 1 heterocycles. The van der Waals surface area contributed by atoms with Gasteiger partial charge in [-0.2, -0.15) is 0 Å². The first-order valence-electron chi connectivity index (χ1n) is 6.17. The Bertz CT molecular complexity index is 699. The molecule has 0 amide bonds. The normalized spacial score (nSPS) is 13.1. The predicted octanol–water partition coefficient (Wildman–Crippen LogP) is 1.68. The zero-order chi connectivity index (χ0) is 15.5. The third kappa shape index (κ3) is 3.59. The molecule has 1 unspecified atom stereocenters. The van der Waals surface area contributed by atoms with Crippen LogP contribution in [0.5, 0.6) is 5.75 Å². The third-order valence-electron chi connectivity index (χ3n) is 2.85. The lowest BCUT2D eigenvalue weighted by molar-refractivity contribution is 0.280. The van der Waals surface area contributed by atoms with Crippen LogP contribution in [0.25, 0.3) is 0 Å². The SMILES string of the molecule is COc1cc(CO)ccc1S(=O)(=O)NC(C)c1nccs1. The first-order valence-corrected chi connectivity index (χ1v) is 8.53. The van der Waals surface area contributed by atoms with E-state index in [1.54, 1.807) is 24.6 Å². The van der Waals surface area contributed by atoms with Gasteiger partial charge in [0.05, 0.1) is 19.8 Å². The van der Waals surface area contributed by atoms with Gasteiger partial charge in [-0.3, -0.25) is 0 Å². The number of nitrogens with zero attached hydrogens (tertiary/aromatic N) is 1. The van der Waals surface area contributed by atoms with Gasteiger partial charge in [0, 0.05) is 11.6 Å². The number of thiazole rings is 1. The van der Waals surface area contributed by atoms with Gasteiger partial charge in [0.2, 0.25) is 10.0 Å². The first-order chi connectivity index (χ1) is 9.97. The Balaban J connectivity index is 2.31. The van der Waals surface area contributed by atoms with Crippen molar-refractivity contribution in [2.24, 2.45) is 0 Å². The molecule has 21 heavy (non-hydrogen) atoms. The van der Waals surface area contributed by atoms with E-state index in [9.17, 15) is 8.42 Å². The number of aromatic nitrogens is 1. The molecule has 0 saturated carbocycles. The van der Waals surface area contributed by atoms with Crippen LogP contribution in [0.3, 0.4) is 0 Å². The van der Waals surface area contributed by atoms with Crippen LogP contribution < -0.4 is 9.46 Å². The second kappa shape index (κ2) is 6.52. The summed E-state index contributed by atoms with van der Waals surface area (Å²) in [6, 6.07) is 4.03. The smallest absolute Gasteiger partial charge is 0.244 e. The van der Waals surface area contributed by atoms with Crippen LogP contribution in [0.2, 0.25) is 0 Å². The Morgan fingerprint density at radius 1 is 1.48 bits per heavy atom. The fourth-order valence-electron chi connectivity index (χ4n) is 1.83. The average molecular weight is 328 g/mol. The second-order valence-electron chi connectivity index (χ2n) is 4.36. The lowest BCUT2D eigenvalue weighted by Gasteiger charge is -2.14. The minimum Gasteiger partial charge on any atom is -0.495 e. The van der Waals surface area contributed by atoms with Crippen molar-refractivity contribution in [3.05, 3.63) is 40.3 Å². The maximum atomic E-state index is 12.4. The molecule has 0 aliphatic rings. The summed E-state index contributed by atoms with van der Waals surface area (Å²) in [6.07, 6.45) is 1.63. The van der Waals surface area contributed by atoms with E-state index < -0.39 is 16.1 Å². The maximum absolute atomic E-state index is 12.4. The third-order valence-corrected chi connectivity index (χ3v) is 5.39.